The van der Waals surface area contributed by atoms with Gasteiger partial charge < -0.3 is 33.6 Å². The summed E-state index contributed by atoms with van der Waals surface area (Å²) in [6, 6.07) is 0. The van der Waals surface area contributed by atoms with Crippen LogP contribution in [-0.2, 0) is 0 Å². The van der Waals surface area contributed by atoms with Crippen molar-refractivity contribution in [1.29, 1.82) is 0 Å². The zero-order valence-electron chi connectivity index (χ0n) is 13.6. The summed E-state index contributed by atoms with van der Waals surface area (Å²) in [4.78, 5) is 2.65. The molecule has 0 bridgehead atoms. The van der Waals surface area contributed by atoms with Gasteiger partial charge in [0.25, 0.3) is 0 Å². The van der Waals surface area contributed by atoms with Crippen LogP contribution in [-0.4, -0.2) is 66.9 Å². The van der Waals surface area contributed by atoms with E-state index in [1.54, 1.807) is 0 Å². The second-order valence-electron chi connectivity index (χ2n) is 6.22. The number of aliphatic hydroxyl groups is 1. The Morgan fingerprint density at radius 3 is 2.05 bits per heavy atom. The van der Waals surface area contributed by atoms with Crippen molar-refractivity contribution in [3.63, 3.8) is 0 Å². The SMILES string of the molecule is CCCCN1CC[N+](CCCC)(CCCCO)CC1.[I-]. The number of hydrogen-bond donors (Lipinski definition) is 1. The van der Waals surface area contributed by atoms with Gasteiger partial charge in [-0.3, -0.25) is 4.90 Å². The molecule has 0 spiro atoms. The smallest absolute Gasteiger partial charge is 0.0916 e. The first-order chi connectivity index (χ1) is 9.26. The van der Waals surface area contributed by atoms with Crippen LogP contribution >= 0.6 is 0 Å². The summed E-state index contributed by atoms with van der Waals surface area (Å²) in [5.74, 6) is 0. The Labute approximate surface area is 143 Å². The molecule has 0 unspecified atom stereocenters. The van der Waals surface area contributed by atoms with E-state index in [0.717, 1.165) is 6.42 Å². The van der Waals surface area contributed by atoms with Crippen molar-refractivity contribution in [3.8, 4) is 0 Å². The van der Waals surface area contributed by atoms with E-state index in [0.29, 0.717) is 6.61 Å². The highest BCUT2D eigenvalue weighted by Gasteiger charge is 2.31. The zero-order chi connectivity index (χ0) is 14.0. The van der Waals surface area contributed by atoms with Gasteiger partial charge in [0.2, 0.25) is 0 Å². The maximum atomic E-state index is 8.98. The normalized spacial score (nSPS) is 18.8. The highest BCUT2D eigenvalue weighted by Crippen LogP contribution is 2.17. The fourth-order valence-corrected chi connectivity index (χ4v) is 3.15. The van der Waals surface area contributed by atoms with Gasteiger partial charge >= 0.3 is 0 Å². The summed E-state index contributed by atoms with van der Waals surface area (Å²) in [6.45, 7) is 14.1. The first-order valence-corrected chi connectivity index (χ1v) is 8.44. The molecule has 20 heavy (non-hydrogen) atoms. The van der Waals surface area contributed by atoms with Crippen LogP contribution in [0.5, 0.6) is 0 Å². The van der Waals surface area contributed by atoms with Crippen LogP contribution in [0.15, 0.2) is 0 Å². The van der Waals surface area contributed by atoms with Crippen LogP contribution in [0.4, 0.5) is 0 Å². The first kappa shape index (κ1) is 20.6. The van der Waals surface area contributed by atoms with Gasteiger partial charge in [-0.2, -0.15) is 0 Å². The van der Waals surface area contributed by atoms with Gasteiger partial charge in [-0.25, -0.2) is 0 Å². The lowest BCUT2D eigenvalue weighted by atomic mass is 10.1. The van der Waals surface area contributed by atoms with Crippen LogP contribution in [0.2, 0.25) is 0 Å². The number of aliphatic hydroxyl groups excluding tert-OH is 1. The Morgan fingerprint density at radius 1 is 0.900 bits per heavy atom. The Bertz CT molecular complexity index is 219. The molecule has 0 atom stereocenters. The van der Waals surface area contributed by atoms with Crippen LogP contribution < -0.4 is 24.0 Å². The van der Waals surface area contributed by atoms with Gasteiger partial charge in [0.05, 0.1) is 26.2 Å². The third-order valence-corrected chi connectivity index (χ3v) is 4.64. The molecule has 3 nitrogen and oxygen atoms in total. The third kappa shape index (κ3) is 7.57. The van der Waals surface area contributed by atoms with E-state index in [4.69, 9.17) is 5.11 Å². The van der Waals surface area contributed by atoms with E-state index in [2.05, 4.69) is 18.7 Å². The lowest BCUT2D eigenvalue weighted by Gasteiger charge is -2.45. The molecular formula is C16H35IN2O. The van der Waals surface area contributed by atoms with Crippen LogP contribution in [0, 0.1) is 0 Å². The Balaban J connectivity index is 0.00000361. The molecule has 122 valence electrons. The van der Waals surface area contributed by atoms with E-state index < -0.39 is 0 Å². The fourth-order valence-electron chi connectivity index (χ4n) is 3.15. The standard InChI is InChI=1S/C16H35N2O.HI/c1-3-5-9-17-10-14-18(15-11-17,12-6-4-2)13-7-8-16-19;/h19H,3-16H2,1-2H3;1H/q+1;/p-1. The lowest BCUT2D eigenvalue weighted by molar-refractivity contribution is -0.932. The van der Waals surface area contributed by atoms with E-state index in [1.165, 1.54) is 82.4 Å². The molecule has 1 heterocycles. The molecular weight excluding hydrogens is 363 g/mol. The maximum absolute atomic E-state index is 8.98. The summed E-state index contributed by atoms with van der Waals surface area (Å²) in [6.07, 6.45) is 7.48. The predicted molar refractivity (Wildman–Crippen MR) is 82.3 cm³/mol. The largest absolute Gasteiger partial charge is 1.00 e. The highest BCUT2D eigenvalue weighted by molar-refractivity contribution is 4.64. The average molecular weight is 398 g/mol. The summed E-state index contributed by atoms with van der Waals surface area (Å²) >= 11 is 0. The number of unbranched alkanes of at least 4 members (excludes halogenated alkanes) is 3. The van der Waals surface area contributed by atoms with Gasteiger partial charge in [-0.15, -0.1) is 0 Å². The highest BCUT2D eigenvalue weighted by atomic mass is 127. The van der Waals surface area contributed by atoms with Gasteiger partial charge in [0.1, 0.15) is 0 Å². The summed E-state index contributed by atoms with van der Waals surface area (Å²) in [5, 5.41) is 8.98. The molecule has 1 fully saturated rings. The Morgan fingerprint density at radius 2 is 1.50 bits per heavy atom. The van der Waals surface area contributed by atoms with Crippen molar-refractivity contribution in [3.05, 3.63) is 0 Å². The summed E-state index contributed by atoms with van der Waals surface area (Å²) in [5.41, 5.74) is 0. The van der Waals surface area contributed by atoms with Gasteiger partial charge in [-0.05, 0) is 32.2 Å². The second-order valence-corrected chi connectivity index (χ2v) is 6.22. The molecule has 0 aromatic heterocycles. The number of quaternary nitrogens is 1. The van der Waals surface area contributed by atoms with Gasteiger partial charge in [0, 0.05) is 19.7 Å². The molecule has 1 rings (SSSR count). The number of nitrogens with zero attached hydrogens (tertiary/aromatic N) is 2. The molecule has 0 aromatic carbocycles. The van der Waals surface area contributed by atoms with Crippen molar-refractivity contribution in [2.45, 2.75) is 52.4 Å². The molecule has 0 amide bonds. The van der Waals surface area contributed by atoms with Crippen molar-refractivity contribution in [1.82, 2.24) is 4.90 Å². The van der Waals surface area contributed by atoms with E-state index in [9.17, 15) is 0 Å². The van der Waals surface area contributed by atoms with E-state index in [1.807, 2.05) is 0 Å². The average Bonchev–Trinajstić information content (AvgIpc) is 2.45. The molecule has 1 N–H and O–H groups in total. The minimum Gasteiger partial charge on any atom is -1.00 e. The minimum atomic E-state index is 0. The summed E-state index contributed by atoms with van der Waals surface area (Å²) < 4.78 is 1.32. The molecule has 0 saturated carbocycles. The van der Waals surface area contributed by atoms with Gasteiger partial charge in [-0.1, -0.05) is 26.7 Å². The topological polar surface area (TPSA) is 23.5 Å². The van der Waals surface area contributed by atoms with Crippen molar-refractivity contribution >= 4 is 0 Å². The number of rotatable bonds is 10. The number of halogens is 1. The predicted octanol–water partition coefficient (Wildman–Crippen LogP) is -0.504. The Hall–Kier alpha value is 0.610. The van der Waals surface area contributed by atoms with Crippen molar-refractivity contribution in [2.75, 3.05) is 52.4 Å². The van der Waals surface area contributed by atoms with E-state index >= 15 is 0 Å². The monoisotopic (exact) mass is 398 g/mol. The zero-order valence-corrected chi connectivity index (χ0v) is 15.8. The Kier molecular flexibility index (Phi) is 12.6. The van der Waals surface area contributed by atoms with Crippen molar-refractivity contribution < 1.29 is 33.6 Å². The molecule has 0 aliphatic carbocycles. The third-order valence-electron chi connectivity index (χ3n) is 4.64. The fraction of sp³-hybridized carbons (Fsp3) is 1.00. The quantitative estimate of drug-likeness (QED) is 0.305. The number of piperazine rings is 1. The first-order valence-electron chi connectivity index (χ1n) is 8.44. The van der Waals surface area contributed by atoms with Crippen LogP contribution in [0.25, 0.3) is 0 Å². The maximum Gasteiger partial charge on any atom is 0.0916 e. The second kappa shape index (κ2) is 12.2. The minimum absolute atomic E-state index is 0. The number of hydrogen-bond acceptors (Lipinski definition) is 2. The van der Waals surface area contributed by atoms with E-state index in [-0.39, 0.29) is 24.0 Å². The van der Waals surface area contributed by atoms with Crippen LogP contribution in [0.1, 0.15) is 52.4 Å². The molecule has 0 radical (unpaired) electrons. The molecule has 1 aliphatic heterocycles. The molecule has 0 aromatic rings. The summed E-state index contributed by atoms with van der Waals surface area (Å²) in [7, 11) is 0. The molecule has 4 heteroatoms. The van der Waals surface area contributed by atoms with Gasteiger partial charge in [0.15, 0.2) is 0 Å². The molecule has 1 aliphatic rings. The van der Waals surface area contributed by atoms with Crippen LogP contribution in [0.3, 0.4) is 0 Å². The lowest BCUT2D eigenvalue weighted by Crippen LogP contribution is -3.00. The molecule has 1 saturated heterocycles. The van der Waals surface area contributed by atoms with Crippen molar-refractivity contribution in [2.24, 2.45) is 0 Å².